The predicted octanol–water partition coefficient (Wildman–Crippen LogP) is 1.25. The predicted molar refractivity (Wildman–Crippen MR) is 44.9 cm³/mol. The average Bonchev–Trinajstić information content (AvgIpc) is 2.49. The van der Waals surface area contributed by atoms with E-state index in [0.717, 1.165) is 11.2 Å². The first-order valence-electron chi connectivity index (χ1n) is 3.94. The minimum atomic E-state index is 0.409. The van der Waals surface area contributed by atoms with Gasteiger partial charge in [-0.1, -0.05) is 13.8 Å². The van der Waals surface area contributed by atoms with Crippen LogP contribution in [0.5, 0.6) is 0 Å². The van der Waals surface area contributed by atoms with E-state index in [1.54, 1.807) is 10.8 Å². The van der Waals surface area contributed by atoms with E-state index in [9.17, 15) is 0 Å². The monoisotopic (exact) mass is 162 g/mol. The Morgan fingerprint density at radius 2 is 2.17 bits per heavy atom. The molecule has 0 spiro atoms. The van der Waals surface area contributed by atoms with Gasteiger partial charge >= 0.3 is 0 Å². The molecule has 4 heteroatoms. The molecule has 4 nitrogen and oxygen atoms in total. The summed E-state index contributed by atoms with van der Waals surface area (Å²) >= 11 is 0. The first-order valence-corrected chi connectivity index (χ1v) is 3.94. The van der Waals surface area contributed by atoms with Gasteiger partial charge in [0.2, 0.25) is 0 Å². The van der Waals surface area contributed by atoms with Gasteiger partial charge in [-0.2, -0.15) is 5.10 Å². The van der Waals surface area contributed by atoms with Crippen molar-refractivity contribution < 1.29 is 0 Å². The van der Waals surface area contributed by atoms with Gasteiger partial charge in [-0.15, -0.1) is 9.73 Å². The third-order valence-electron chi connectivity index (χ3n) is 1.79. The summed E-state index contributed by atoms with van der Waals surface area (Å²) in [4.78, 5) is 4.21. The molecule has 62 valence electrons. The largest absolute Gasteiger partial charge is 0.237 e. The highest BCUT2D eigenvalue weighted by Crippen LogP contribution is 2.15. The van der Waals surface area contributed by atoms with Gasteiger partial charge in [0, 0.05) is 0 Å². The Kier molecular flexibility index (Phi) is 1.53. The summed E-state index contributed by atoms with van der Waals surface area (Å²) in [5, 5.41) is 8.01. The molecule has 12 heavy (non-hydrogen) atoms. The molecule has 0 aliphatic carbocycles. The van der Waals surface area contributed by atoms with Gasteiger partial charge in [-0.25, -0.2) is 4.98 Å². The first-order chi connectivity index (χ1) is 5.79. The van der Waals surface area contributed by atoms with Gasteiger partial charge < -0.3 is 0 Å². The van der Waals surface area contributed by atoms with Gasteiger partial charge in [0.25, 0.3) is 0 Å². The Labute approximate surface area is 70.2 Å². The molecule has 0 amide bonds. The van der Waals surface area contributed by atoms with Crippen molar-refractivity contribution in [3.63, 3.8) is 0 Å². The molecular formula is C8H10N4. The van der Waals surface area contributed by atoms with Crippen molar-refractivity contribution in [3.8, 4) is 0 Å². The smallest absolute Gasteiger partial charge is 0.138 e. The molecule has 0 atom stereocenters. The van der Waals surface area contributed by atoms with Gasteiger partial charge in [0.15, 0.2) is 0 Å². The second-order valence-electron chi connectivity index (χ2n) is 3.01. The Bertz CT molecular complexity index is 391. The molecule has 2 heterocycles. The van der Waals surface area contributed by atoms with E-state index < -0.39 is 0 Å². The molecule has 0 saturated heterocycles. The maximum Gasteiger partial charge on any atom is 0.138 e. The van der Waals surface area contributed by atoms with Crippen LogP contribution < -0.4 is 0 Å². The maximum atomic E-state index is 4.21. The van der Waals surface area contributed by atoms with E-state index in [1.807, 2.05) is 6.07 Å². The Morgan fingerprint density at radius 1 is 1.33 bits per heavy atom. The van der Waals surface area contributed by atoms with Gasteiger partial charge in [0.05, 0.1) is 11.9 Å². The highest BCUT2D eigenvalue weighted by molar-refractivity contribution is 5.50. The van der Waals surface area contributed by atoms with Crippen molar-refractivity contribution in [2.45, 2.75) is 19.8 Å². The summed E-state index contributed by atoms with van der Waals surface area (Å²) < 4.78 is 1.60. The Morgan fingerprint density at radius 3 is 2.92 bits per heavy atom. The zero-order valence-electron chi connectivity index (χ0n) is 7.10. The van der Waals surface area contributed by atoms with Crippen LogP contribution in [0, 0.1) is 0 Å². The molecule has 0 aliphatic heterocycles. The number of hydrogen-bond acceptors (Lipinski definition) is 3. The van der Waals surface area contributed by atoms with E-state index in [1.165, 1.54) is 6.33 Å². The Balaban J connectivity index is 2.73. The second-order valence-corrected chi connectivity index (χ2v) is 3.01. The first kappa shape index (κ1) is 7.21. The summed E-state index contributed by atoms with van der Waals surface area (Å²) in [5.41, 5.74) is 2.04. The molecule has 0 N–H and O–H groups in total. The molecule has 2 rings (SSSR count). The number of fused-ring (bicyclic) bond motifs is 1. The number of aromatic nitrogens is 4. The van der Waals surface area contributed by atoms with Crippen LogP contribution in [0.2, 0.25) is 0 Å². The minimum Gasteiger partial charge on any atom is -0.237 e. The maximum absolute atomic E-state index is 4.21. The lowest BCUT2D eigenvalue weighted by Crippen LogP contribution is -2.01. The average molecular weight is 162 g/mol. The molecule has 0 fully saturated rings. The third kappa shape index (κ3) is 0.958. The van der Waals surface area contributed by atoms with Crippen LogP contribution in [-0.4, -0.2) is 19.8 Å². The summed E-state index contributed by atoms with van der Waals surface area (Å²) in [7, 11) is 0. The molecule has 2 aromatic rings. The van der Waals surface area contributed by atoms with Crippen molar-refractivity contribution in [2.24, 2.45) is 0 Å². The molecular weight excluding hydrogens is 152 g/mol. The van der Waals surface area contributed by atoms with E-state index >= 15 is 0 Å². The lowest BCUT2D eigenvalue weighted by Gasteiger charge is -2.03. The van der Waals surface area contributed by atoms with Gasteiger partial charge in [0.1, 0.15) is 11.8 Å². The van der Waals surface area contributed by atoms with Crippen LogP contribution in [-0.2, 0) is 0 Å². The van der Waals surface area contributed by atoms with Gasteiger partial charge in [-0.05, 0) is 12.0 Å². The molecule has 0 aliphatic rings. The molecule has 2 aromatic heterocycles. The van der Waals surface area contributed by atoms with Crippen LogP contribution in [0.3, 0.4) is 0 Å². The number of hydrogen-bond donors (Lipinski definition) is 0. The lowest BCUT2D eigenvalue weighted by molar-refractivity contribution is 0.736. The summed E-state index contributed by atoms with van der Waals surface area (Å²) in [5.74, 6) is 0.409. The normalized spacial score (nSPS) is 11.2. The second kappa shape index (κ2) is 2.55. The Hall–Kier alpha value is -1.45. The van der Waals surface area contributed by atoms with Crippen molar-refractivity contribution in [1.29, 1.82) is 0 Å². The SMILES string of the molecule is CC(C)c1ncnn2nccc12. The summed E-state index contributed by atoms with van der Waals surface area (Å²) in [6.45, 7) is 4.21. The van der Waals surface area contributed by atoms with Crippen LogP contribution in [0.15, 0.2) is 18.6 Å². The van der Waals surface area contributed by atoms with E-state index in [-0.39, 0.29) is 0 Å². The highest BCUT2D eigenvalue weighted by Gasteiger charge is 2.06. The molecule has 0 unspecified atom stereocenters. The van der Waals surface area contributed by atoms with Crippen LogP contribution in [0.25, 0.3) is 5.52 Å². The summed E-state index contributed by atoms with van der Waals surface area (Å²) in [6, 6.07) is 1.93. The zero-order chi connectivity index (χ0) is 8.55. The fraction of sp³-hybridized carbons (Fsp3) is 0.375. The highest BCUT2D eigenvalue weighted by atomic mass is 15.4. The molecule has 0 radical (unpaired) electrons. The third-order valence-corrected chi connectivity index (χ3v) is 1.79. The number of nitrogens with zero attached hydrogens (tertiary/aromatic N) is 4. The fourth-order valence-corrected chi connectivity index (χ4v) is 1.22. The zero-order valence-corrected chi connectivity index (χ0v) is 7.10. The van der Waals surface area contributed by atoms with Crippen molar-refractivity contribution in [2.75, 3.05) is 0 Å². The fourth-order valence-electron chi connectivity index (χ4n) is 1.22. The molecule has 0 aromatic carbocycles. The summed E-state index contributed by atoms with van der Waals surface area (Å²) in [6.07, 6.45) is 3.27. The number of rotatable bonds is 1. The molecule has 0 saturated carbocycles. The standard InChI is InChI=1S/C8H10N4/c1-6(2)8-7-3-4-10-12(7)11-5-9-8/h3-6H,1-2H3. The lowest BCUT2D eigenvalue weighted by atomic mass is 10.1. The van der Waals surface area contributed by atoms with Gasteiger partial charge in [-0.3, -0.25) is 0 Å². The molecule has 0 bridgehead atoms. The van der Waals surface area contributed by atoms with Crippen molar-refractivity contribution in [3.05, 3.63) is 24.3 Å². The van der Waals surface area contributed by atoms with Crippen LogP contribution >= 0.6 is 0 Å². The van der Waals surface area contributed by atoms with Crippen LogP contribution in [0.4, 0.5) is 0 Å². The van der Waals surface area contributed by atoms with Crippen molar-refractivity contribution >= 4 is 5.52 Å². The topological polar surface area (TPSA) is 43.1 Å². The van der Waals surface area contributed by atoms with E-state index in [0.29, 0.717) is 5.92 Å². The minimum absolute atomic E-state index is 0.409. The van der Waals surface area contributed by atoms with E-state index in [4.69, 9.17) is 0 Å². The quantitative estimate of drug-likeness (QED) is 0.633. The van der Waals surface area contributed by atoms with E-state index in [2.05, 4.69) is 29.0 Å². The van der Waals surface area contributed by atoms with Crippen LogP contribution in [0.1, 0.15) is 25.5 Å². The van der Waals surface area contributed by atoms with Crippen molar-refractivity contribution in [1.82, 2.24) is 19.8 Å².